The molecular formula is C18H23ClN4O. The van der Waals surface area contributed by atoms with Crippen LogP contribution in [0.5, 0.6) is 0 Å². The maximum Gasteiger partial charge on any atom is 0.222 e. The second kappa shape index (κ2) is 7.81. The largest absolute Gasteiger partial charge is 0.340 e. The lowest BCUT2D eigenvalue weighted by atomic mass is 10.1. The first-order valence-corrected chi connectivity index (χ1v) is 8.70. The summed E-state index contributed by atoms with van der Waals surface area (Å²) in [6.45, 7) is 4.30. The third-order valence-corrected chi connectivity index (χ3v) is 4.64. The number of rotatable bonds is 5. The van der Waals surface area contributed by atoms with Gasteiger partial charge >= 0.3 is 0 Å². The van der Waals surface area contributed by atoms with E-state index in [4.69, 9.17) is 11.6 Å². The van der Waals surface area contributed by atoms with Crippen LogP contribution in [0.1, 0.15) is 17.5 Å². The molecule has 1 saturated heterocycles. The van der Waals surface area contributed by atoms with Gasteiger partial charge in [0, 0.05) is 57.4 Å². The second-order valence-electron chi connectivity index (χ2n) is 6.31. The molecule has 1 fully saturated rings. The monoisotopic (exact) mass is 346 g/mol. The van der Waals surface area contributed by atoms with Crippen LogP contribution >= 0.6 is 11.6 Å². The van der Waals surface area contributed by atoms with Crippen LogP contribution in [0.4, 0.5) is 0 Å². The molecular weight excluding hydrogens is 324 g/mol. The van der Waals surface area contributed by atoms with Crippen molar-refractivity contribution in [1.29, 1.82) is 0 Å². The minimum Gasteiger partial charge on any atom is -0.340 e. The minimum atomic E-state index is 0.237. The number of nitrogens with zero attached hydrogens (tertiary/aromatic N) is 4. The van der Waals surface area contributed by atoms with Gasteiger partial charge in [0.1, 0.15) is 0 Å². The summed E-state index contributed by atoms with van der Waals surface area (Å²) in [6.07, 6.45) is 5.11. The molecule has 0 spiro atoms. The van der Waals surface area contributed by atoms with Gasteiger partial charge in [-0.2, -0.15) is 5.10 Å². The van der Waals surface area contributed by atoms with E-state index in [0.717, 1.165) is 49.7 Å². The lowest BCUT2D eigenvalue weighted by molar-refractivity contribution is -0.133. The van der Waals surface area contributed by atoms with Gasteiger partial charge in [0.25, 0.3) is 0 Å². The van der Waals surface area contributed by atoms with Crippen LogP contribution < -0.4 is 0 Å². The molecule has 6 heteroatoms. The Morgan fingerprint density at radius 2 is 2.00 bits per heavy atom. The average Bonchev–Trinajstić information content (AvgIpc) is 2.99. The number of piperazine rings is 1. The summed E-state index contributed by atoms with van der Waals surface area (Å²) in [4.78, 5) is 16.7. The van der Waals surface area contributed by atoms with Gasteiger partial charge in [-0.1, -0.05) is 23.7 Å². The molecule has 1 aromatic heterocycles. The Labute approximate surface area is 147 Å². The number of halogens is 1. The van der Waals surface area contributed by atoms with Crippen molar-refractivity contribution in [3.63, 3.8) is 0 Å². The molecule has 0 bridgehead atoms. The summed E-state index contributed by atoms with van der Waals surface area (Å²) < 4.78 is 1.77. The number of benzene rings is 1. The standard InChI is InChI=1S/C18H23ClN4O/c1-21-13-16(12-20-21)5-6-18(24)23-9-7-22(8-10-23)14-15-3-2-4-17(19)11-15/h2-4,11-13H,5-10,14H2,1H3. The summed E-state index contributed by atoms with van der Waals surface area (Å²) in [7, 11) is 1.89. The van der Waals surface area contributed by atoms with Gasteiger partial charge in [-0.05, 0) is 29.7 Å². The number of aromatic nitrogens is 2. The Balaban J connectivity index is 1.43. The maximum absolute atomic E-state index is 12.4. The Bertz CT molecular complexity index is 692. The quantitative estimate of drug-likeness (QED) is 0.834. The van der Waals surface area contributed by atoms with Crippen LogP contribution in [-0.2, 0) is 24.8 Å². The third kappa shape index (κ3) is 4.58. The van der Waals surface area contributed by atoms with Crippen molar-refractivity contribution < 1.29 is 4.79 Å². The summed E-state index contributed by atoms with van der Waals surface area (Å²) in [5.41, 5.74) is 2.34. The van der Waals surface area contributed by atoms with Crippen LogP contribution in [0.2, 0.25) is 5.02 Å². The van der Waals surface area contributed by atoms with Gasteiger partial charge in [-0.25, -0.2) is 0 Å². The van der Waals surface area contributed by atoms with Crippen molar-refractivity contribution in [1.82, 2.24) is 19.6 Å². The minimum absolute atomic E-state index is 0.237. The highest BCUT2D eigenvalue weighted by atomic mass is 35.5. The smallest absolute Gasteiger partial charge is 0.222 e. The third-order valence-electron chi connectivity index (χ3n) is 4.41. The Morgan fingerprint density at radius 1 is 1.21 bits per heavy atom. The van der Waals surface area contributed by atoms with Crippen molar-refractivity contribution >= 4 is 17.5 Å². The van der Waals surface area contributed by atoms with Crippen molar-refractivity contribution in [3.05, 3.63) is 52.8 Å². The molecule has 1 aliphatic rings. The zero-order valence-electron chi connectivity index (χ0n) is 14.0. The summed E-state index contributed by atoms with van der Waals surface area (Å²) in [6, 6.07) is 7.98. The van der Waals surface area contributed by atoms with Crippen molar-refractivity contribution in [3.8, 4) is 0 Å². The van der Waals surface area contributed by atoms with Gasteiger partial charge in [0.05, 0.1) is 6.20 Å². The molecule has 0 saturated carbocycles. The number of carbonyl (C=O) groups is 1. The van der Waals surface area contributed by atoms with E-state index in [9.17, 15) is 4.79 Å². The predicted octanol–water partition coefficient (Wildman–Crippen LogP) is 2.35. The molecule has 5 nitrogen and oxygen atoms in total. The highest BCUT2D eigenvalue weighted by molar-refractivity contribution is 6.30. The van der Waals surface area contributed by atoms with Gasteiger partial charge < -0.3 is 4.90 Å². The van der Waals surface area contributed by atoms with E-state index in [1.54, 1.807) is 4.68 Å². The summed E-state index contributed by atoms with van der Waals surface area (Å²) in [5.74, 6) is 0.237. The zero-order valence-corrected chi connectivity index (χ0v) is 14.7. The lowest BCUT2D eigenvalue weighted by Gasteiger charge is -2.34. The first kappa shape index (κ1) is 17.0. The second-order valence-corrected chi connectivity index (χ2v) is 6.75. The van der Waals surface area contributed by atoms with Crippen LogP contribution in [0.3, 0.4) is 0 Å². The fourth-order valence-corrected chi connectivity index (χ4v) is 3.27. The molecule has 2 aromatic rings. The number of hydrogen-bond acceptors (Lipinski definition) is 3. The SMILES string of the molecule is Cn1cc(CCC(=O)N2CCN(Cc3cccc(Cl)c3)CC2)cn1. The fraction of sp³-hybridized carbons (Fsp3) is 0.444. The van der Waals surface area contributed by atoms with Crippen molar-refractivity contribution in [2.75, 3.05) is 26.2 Å². The molecule has 1 aliphatic heterocycles. The summed E-state index contributed by atoms with van der Waals surface area (Å²) in [5, 5.41) is 4.91. The van der Waals surface area contributed by atoms with E-state index < -0.39 is 0 Å². The van der Waals surface area contributed by atoms with E-state index in [1.807, 2.05) is 42.5 Å². The average molecular weight is 347 g/mol. The van der Waals surface area contributed by atoms with Crippen LogP contribution in [0.15, 0.2) is 36.7 Å². The molecule has 0 radical (unpaired) electrons. The van der Waals surface area contributed by atoms with E-state index in [0.29, 0.717) is 6.42 Å². The normalized spacial score (nSPS) is 15.7. The van der Waals surface area contributed by atoms with Crippen LogP contribution in [0, 0.1) is 0 Å². The van der Waals surface area contributed by atoms with Gasteiger partial charge in [-0.15, -0.1) is 0 Å². The van der Waals surface area contributed by atoms with Crippen LogP contribution in [0.25, 0.3) is 0 Å². The molecule has 128 valence electrons. The van der Waals surface area contributed by atoms with E-state index in [1.165, 1.54) is 5.56 Å². The molecule has 0 atom stereocenters. The molecule has 2 heterocycles. The Kier molecular flexibility index (Phi) is 5.53. The van der Waals surface area contributed by atoms with Crippen molar-refractivity contribution in [2.24, 2.45) is 7.05 Å². The zero-order chi connectivity index (χ0) is 16.9. The Hall–Kier alpha value is -1.85. The highest BCUT2D eigenvalue weighted by Crippen LogP contribution is 2.14. The first-order valence-electron chi connectivity index (χ1n) is 8.32. The summed E-state index contributed by atoms with van der Waals surface area (Å²) >= 11 is 6.04. The highest BCUT2D eigenvalue weighted by Gasteiger charge is 2.21. The topological polar surface area (TPSA) is 41.4 Å². The number of hydrogen-bond donors (Lipinski definition) is 0. The molecule has 0 aliphatic carbocycles. The molecule has 0 unspecified atom stereocenters. The number of amides is 1. The molecule has 0 N–H and O–H groups in total. The van der Waals surface area contributed by atoms with Crippen molar-refractivity contribution in [2.45, 2.75) is 19.4 Å². The molecule has 1 amide bonds. The first-order chi connectivity index (χ1) is 11.6. The van der Waals surface area contributed by atoms with E-state index in [-0.39, 0.29) is 5.91 Å². The Morgan fingerprint density at radius 3 is 2.67 bits per heavy atom. The molecule has 1 aromatic carbocycles. The van der Waals surface area contributed by atoms with E-state index in [2.05, 4.69) is 16.1 Å². The van der Waals surface area contributed by atoms with E-state index >= 15 is 0 Å². The van der Waals surface area contributed by atoms with Crippen LogP contribution in [-0.4, -0.2) is 51.7 Å². The molecule has 3 rings (SSSR count). The van der Waals surface area contributed by atoms with Gasteiger partial charge in [-0.3, -0.25) is 14.4 Å². The molecule has 24 heavy (non-hydrogen) atoms. The fourth-order valence-electron chi connectivity index (χ4n) is 3.06. The lowest BCUT2D eigenvalue weighted by Crippen LogP contribution is -2.48. The predicted molar refractivity (Wildman–Crippen MR) is 94.8 cm³/mol. The van der Waals surface area contributed by atoms with Gasteiger partial charge in [0.15, 0.2) is 0 Å². The number of carbonyl (C=O) groups excluding carboxylic acids is 1. The number of aryl methyl sites for hydroxylation is 2. The van der Waals surface area contributed by atoms with Gasteiger partial charge in [0.2, 0.25) is 5.91 Å². The maximum atomic E-state index is 12.4.